The summed E-state index contributed by atoms with van der Waals surface area (Å²) in [5.74, 6) is 0. The average molecular weight is 304 g/mol. The van der Waals surface area contributed by atoms with Gasteiger partial charge in [0.2, 0.25) is 0 Å². The summed E-state index contributed by atoms with van der Waals surface area (Å²) in [5.41, 5.74) is 1.26. The Morgan fingerprint density at radius 2 is 2.00 bits per heavy atom. The summed E-state index contributed by atoms with van der Waals surface area (Å²) in [6.07, 6.45) is 2.48. The average Bonchev–Trinajstić information content (AvgIpc) is 2.35. The summed E-state index contributed by atoms with van der Waals surface area (Å²) in [4.78, 5) is 0. The summed E-state index contributed by atoms with van der Waals surface area (Å²) < 4.78 is 33.7. The first-order valence-electron chi connectivity index (χ1n) is 6.35. The van der Waals surface area contributed by atoms with E-state index >= 15 is 0 Å². The van der Waals surface area contributed by atoms with Gasteiger partial charge in [0.25, 0.3) is 0 Å². The highest BCUT2D eigenvalue weighted by molar-refractivity contribution is 7.87. The third-order valence-corrected chi connectivity index (χ3v) is 5.25. The lowest BCUT2D eigenvalue weighted by molar-refractivity contribution is 0.261. The SMILES string of the molecule is CCC1(CC)Cc2cc(Cl)ccc2N(S(=O)(=O)O)C1. The molecule has 1 aromatic carbocycles. The van der Waals surface area contributed by atoms with Crippen molar-refractivity contribution < 1.29 is 13.0 Å². The molecular formula is C13H18ClNO3S. The number of hydrogen-bond acceptors (Lipinski definition) is 2. The van der Waals surface area contributed by atoms with Gasteiger partial charge >= 0.3 is 10.3 Å². The number of fused-ring (bicyclic) bond motifs is 1. The predicted molar refractivity (Wildman–Crippen MR) is 77.1 cm³/mol. The fourth-order valence-electron chi connectivity index (χ4n) is 2.72. The van der Waals surface area contributed by atoms with Gasteiger partial charge in [-0.2, -0.15) is 8.42 Å². The Labute approximate surface area is 119 Å². The van der Waals surface area contributed by atoms with Gasteiger partial charge in [0.15, 0.2) is 0 Å². The van der Waals surface area contributed by atoms with E-state index in [1.165, 1.54) is 0 Å². The Kier molecular flexibility index (Phi) is 3.82. The van der Waals surface area contributed by atoms with Crippen LogP contribution in [-0.2, 0) is 16.7 Å². The quantitative estimate of drug-likeness (QED) is 0.872. The molecule has 19 heavy (non-hydrogen) atoms. The molecule has 0 amide bonds. The highest BCUT2D eigenvalue weighted by Crippen LogP contribution is 2.42. The highest BCUT2D eigenvalue weighted by atomic mass is 35.5. The van der Waals surface area contributed by atoms with Crippen LogP contribution in [0.1, 0.15) is 32.3 Å². The molecule has 106 valence electrons. The first-order valence-corrected chi connectivity index (χ1v) is 8.12. The predicted octanol–water partition coefficient (Wildman–Crippen LogP) is 3.31. The largest absolute Gasteiger partial charge is 0.359 e. The van der Waals surface area contributed by atoms with E-state index in [4.69, 9.17) is 11.6 Å². The van der Waals surface area contributed by atoms with Gasteiger partial charge in [0.1, 0.15) is 0 Å². The molecule has 0 radical (unpaired) electrons. The van der Waals surface area contributed by atoms with Gasteiger partial charge in [-0.1, -0.05) is 25.4 Å². The topological polar surface area (TPSA) is 57.6 Å². The molecule has 0 aromatic heterocycles. The van der Waals surface area contributed by atoms with Crippen LogP contribution in [0.25, 0.3) is 0 Å². The van der Waals surface area contributed by atoms with Crippen LogP contribution in [0.2, 0.25) is 5.02 Å². The Morgan fingerprint density at radius 3 is 2.53 bits per heavy atom. The van der Waals surface area contributed by atoms with Crippen molar-refractivity contribution >= 4 is 27.6 Å². The van der Waals surface area contributed by atoms with E-state index in [0.717, 1.165) is 29.1 Å². The first-order chi connectivity index (χ1) is 8.81. The van der Waals surface area contributed by atoms with Crippen molar-refractivity contribution in [1.82, 2.24) is 0 Å². The third kappa shape index (κ3) is 2.73. The Hall–Kier alpha value is -0.780. The van der Waals surface area contributed by atoms with Crippen LogP contribution in [0.3, 0.4) is 0 Å². The van der Waals surface area contributed by atoms with Crippen molar-refractivity contribution in [2.75, 3.05) is 10.8 Å². The van der Waals surface area contributed by atoms with Gasteiger partial charge in [0.05, 0.1) is 5.69 Å². The molecule has 1 N–H and O–H groups in total. The monoisotopic (exact) mass is 303 g/mol. The first kappa shape index (κ1) is 14.6. The van der Waals surface area contributed by atoms with Crippen LogP contribution >= 0.6 is 11.6 Å². The van der Waals surface area contributed by atoms with Crippen LogP contribution in [0.5, 0.6) is 0 Å². The molecule has 0 saturated carbocycles. The smallest absolute Gasteiger partial charge is 0.269 e. The van der Waals surface area contributed by atoms with Crippen molar-refractivity contribution in [2.45, 2.75) is 33.1 Å². The van der Waals surface area contributed by atoms with E-state index < -0.39 is 10.3 Å². The van der Waals surface area contributed by atoms with E-state index in [2.05, 4.69) is 0 Å². The molecule has 0 fully saturated rings. The maximum atomic E-state index is 11.6. The van der Waals surface area contributed by atoms with Gasteiger partial charge in [-0.3, -0.25) is 4.55 Å². The molecule has 0 unspecified atom stereocenters. The maximum Gasteiger partial charge on any atom is 0.359 e. The number of nitrogens with zero attached hydrogens (tertiary/aromatic N) is 1. The second-order valence-corrected chi connectivity index (χ2v) is 6.91. The van der Waals surface area contributed by atoms with Gasteiger partial charge < -0.3 is 0 Å². The summed E-state index contributed by atoms with van der Waals surface area (Å²) in [5, 5.41) is 0.581. The van der Waals surface area contributed by atoms with E-state index in [1.807, 2.05) is 13.8 Å². The molecule has 0 saturated heterocycles. The zero-order chi connectivity index (χ0) is 14.3. The second-order valence-electron chi connectivity index (χ2n) is 5.14. The van der Waals surface area contributed by atoms with Crippen LogP contribution in [-0.4, -0.2) is 19.5 Å². The lowest BCUT2D eigenvalue weighted by atomic mass is 9.74. The van der Waals surface area contributed by atoms with Gasteiger partial charge in [-0.15, -0.1) is 0 Å². The second kappa shape index (κ2) is 4.96. The molecule has 2 rings (SSSR count). The molecule has 0 aliphatic carbocycles. The van der Waals surface area contributed by atoms with E-state index in [9.17, 15) is 13.0 Å². The van der Waals surface area contributed by atoms with E-state index in [0.29, 0.717) is 17.3 Å². The molecule has 0 atom stereocenters. The van der Waals surface area contributed by atoms with Crippen molar-refractivity contribution in [1.29, 1.82) is 0 Å². The van der Waals surface area contributed by atoms with Crippen LogP contribution < -0.4 is 4.31 Å². The summed E-state index contributed by atoms with van der Waals surface area (Å²) in [6, 6.07) is 5.08. The Morgan fingerprint density at radius 1 is 1.37 bits per heavy atom. The molecule has 1 aliphatic rings. The number of halogens is 1. The zero-order valence-electron chi connectivity index (χ0n) is 11.1. The Balaban J connectivity index is 2.58. The summed E-state index contributed by atoms with van der Waals surface area (Å²) in [7, 11) is -4.25. The lowest BCUT2D eigenvalue weighted by Gasteiger charge is -2.42. The Bertz CT molecular complexity index is 582. The number of hydrogen-bond donors (Lipinski definition) is 1. The van der Waals surface area contributed by atoms with Crippen LogP contribution in [0.4, 0.5) is 5.69 Å². The molecule has 1 heterocycles. The fourth-order valence-corrected chi connectivity index (χ4v) is 3.78. The lowest BCUT2D eigenvalue weighted by Crippen LogP contribution is -2.45. The maximum absolute atomic E-state index is 11.6. The van der Waals surface area contributed by atoms with Crippen LogP contribution in [0, 0.1) is 5.41 Å². The van der Waals surface area contributed by atoms with Gasteiger partial charge in [0, 0.05) is 11.6 Å². The molecule has 4 nitrogen and oxygen atoms in total. The minimum absolute atomic E-state index is 0.145. The minimum atomic E-state index is -4.25. The normalized spacial score (nSPS) is 18.2. The minimum Gasteiger partial charge on any atom is -0.269 e. The zero-order valence-corrected chi connectivity index (χ0v) is 12.6. The molecule has 1 aromatic rings. The van der Waals surface area contributed by atoms with E-state index in [1.54, 1.807) is 18.2 Å². The summed E-state index contributed by atoms with van der Waals surface area (Å²) >= 11 is 5.99. The van der Waals surface area contributed by atoms with E-state index in [-0.39, 0.29) is 5.41 Å². The molecule has 0 spiro atoms. The molecular weight excluding hydrogens is 286 g/mol. The highest BCUT2D eigenvalue weighted by Gasteiger charge is 2.39. The molecule has 0 bridgehead atoms. The van der Waals surface area contributed by atoms with Crippen molar-refractivity contribution in [3.05, 3.63) is 28.8 Å². The van der Waals surface area contributed by atoms with Gasteiger partial charge in [-0.25, -0.2) is 4.31 Å². The van der Waals surface area contributed by atoms with Crippen LogP contribution in [0.15, 0.2) is 18.2 Å². The van der Waals surface area contributed by atoms with Crippen molar-refractivity contribution in [2.24, 2.45) is 5.41 Å². The fraction of sp³-hybridized carbons (Fsp3) is 0.538. The summed E-state index contributed by atoms with van der Waals surface area (Å²) in [6.45, 7) is 4.40. The van der Waals surface area contributed by atoms with Crippen molar-refractivity contribution in [3.63, 3.8) is 0 Å². The number of anilines is 1. The molecule has 1 aliphatic heterocycles. The number of rotatable bonds is 3. The molecule has 6 heteroatoms. The third-order valence-electron chi connectivity index (χ3n) is 4.13. The standard InChI is InChI=1S/C13H18ClNO3S/c1-3-13(4-2)8-10-7-11(14)5-6-12(10)15(9-13)19(16,17)18/h5-7H,3-4,8-9H2,1-2H3,(H,16,17,18). The van der Waals surface area contributed by atoms with Gasteiger partial charge in [-0.05, 0) is 48.4 Å². The van der Waals surface area contributed by atoms with Crippen molar-refractivity contribution in [3.8, 4) is 0 Å². The number of benzene rings is 1.